The van der Waals surface area contributed by atoms with Gasteiger partial charge in [0.1, 0.15) is 17.3 Å². The molecule has 0 aliphatic heterocycles. The van der Waals surface area contributed by atoms with Gasteiger partial charge >= 0.3 is 0 Å². The zero-order valence-corrected chi connectivity index (χ0v) is 16.9. The smallest absolute Gasteiger partial charge is 0.147 e. The van der Waals surface area contributed by atoms with Crippen LogP contribution < -0.4 is 32.4 Å². The van der Waals surface area contributed by atoms with E-state index in [9.17, 15) is 4.79 Å². The topological polar surface area (TPSA) is 140 Å². The van der Waals surface area contributed by atoms with Gasteiger partial charge in [0.15, 0.2) is 0 Å². The quantitative estimate of drug-likeness (QED) is 0.510. The van der Waals surface area contributed by atoms with Crippen LogP contribution in [0.3, 0.4) is 0 Å². The molecule has 0 saturated carbocycles. The lowest BCUT2D eigenvalue weighted by Gasteiger charge is -2.23. The fourth-order valence-electron chi connectivity index (χ4n) is 3.57. The van der Waals surface area contributed by atoms with Gasteiger partial charge in [0.25, 0.3) is 0 Å². The highest BCUT2D eigenvalue weighted by molar-refractivity contribution is 5.94. The van der Waals surface area contributed by atoms with Gasteiger partial charge in [-0.2, -0.15) is 0 Å². The molecule has 2 aromatic carbocycles. The molecule has 2 rings (SSSR count). The van der Waals surface area contributed by atoms with Crippen LogP contribution in [0.1, 0.15) is 47.9 Å². The summed E-state index contributed by atoms with van der Waals surface area (Å²) in [5.41, 5.74) is 28.0. The molecule has 0 saturated heterocycles. The molecule has 2 unspecified atom stereocenters. The van der Waals surface area contributed by atoms with E-state index in [1.165, 1.54) is 0 Å². The van der Waals surface area contributed by atoms with Crippen LogP contribution in [-0.2, 0) is 17.9 Å². The normalized spacial score (nSPS) is 13.1. The van der Waals surface area contributed by atoms with Crippen molar-refractivity contribution in [1.29, 1.82) is 0 Å². The zero-order chi connectivity index (χ0) is 21.0. The van der Waals surface area contributed by atoms with E-state index in [1.807, 2.05) is 26.0 Å². The standard InChI is InChI=1S/C21H30N4O3/c1-11(13-5-7-17(27-3)15(9-22)19(13)24)21(26)12(2)14-6-8-18(28-4)16(10-23)20(14)25/h5-8,11-12H,9-10,22-25H2,1-4H3. The highest BCUT2D eigenvalue weighted by Crippen LogP contribution is 2.37. The predicted octanol–water partition coefficient (Wildman–Crippen LogP) is 2.26. The second-order valence-corrected chi connectivity index (χ2v) is 6.75. The third-order valence-electron chi connectivity index (χ3n) is 5.33. The van der Waals surface area contributed by atoms with Crippen molar-refractivity contribution < 1.29 is 14.3 Å². The molecule has 0 heterocycles. The summed E-state index contributed by atoms with van der Waals surface area (Å²) >= 11 is 0. The number of methoxy groups -OCH3 is 2. The molecule has 2 aromatic rings. The summed E-state index contributed by atoms with van der Waals surface area (Å²) in [5.74, 6) is 0.356. The number of hydrogen-bond acceptors (Lipinski definition) is 7. The van der Waals surface area contributed by atoms with Gasteiger partial charge in [0.2, 0.25) is 0 Å². The number of benzene rings is 2. The number of carbonyl (C=O) groups is 1. The Kier molecular flexibility index (Phi) is 6.88. The molecule has 0 aromatic heterocycles. The number of rotatable bonds is 8. The van der Waals surface area contributed by atoms with Crippen LogP contribution in [0, 0.1) is 0 Å². The molecule has 0 spiro atoms. The molecule has 0 aliphatic carbocycles. The maximum atomic E-state index is 13.2. The molecule has 0 aliphatic rings. The average Bonchev–Trinajstić information content (AvgIpc) is 2.71. The number of ether oxygens (including phenoxy) is 2. The minimum Gasteiger partial charge on any atom is -0.496 e. The lowest BCUT2D eigenvalue weighted by Crippen LogP contribution is -2.20. The predicted molar refractivity (Wildman–Crippen MR) is 112 cm³/mol. The first-order chi connectivity index (χ1) is 13.3. The third kappa shape index (κ3) is 3.76. The summed E-state index contributed by atoms with van der Waals surface area (Å²) in [6.07, 6.45) is 0. The molecule has 28 heavy (non-hydrogen) atoms. The molecule has 0 amide bonds. The number of nitrogens with two attached hydrogens (primary N) is 4. The average molecular weight is 386 g/mol. The summed E-state index contributed by atoms with van der Waals surface area (Å²) in [6.45, 7) is 4.12. The van der Waals surface area contributed by atoms with Gasteiger partial charge in [0.05, 0.1) is 14.2 Å². The summed E-state index contributed by atoms with van der Waals surface area (Å²) in [7, 11) is 3.12. The molecule has 152 valence electrons. The van der Waals surface area contributed by atoms with E-state index in [0.29, 0.717) is 34.0 Å². The van der Waals surface area contributed by atoms with Crippen LogP contribution in [0.5, 0.6) is 11.5 Å². The van der Waals surface area contributed by atoms with Gasteiger partial charge in [-0.15, -0.1) is 0 Å². The Balaban J connectivity index is 2.41. The number of anilines is 2. The second kappa shape index (κ2) is 8.95. The number of hydrogen-bond donors (Lipinski definition) is 4. The van der Waals surface area contributed by atoms with Crippen molar-refractivity contribution in [2.24, 2.45) is 11.5 Å². The first-order valence-electron chi connectivity index (χ1n) is 9.16. The molecule has 2 atom stereocenters. The fourth-order valence-corrected chi connectivity index (χ4v) is 3.57. The molecule has 0 radical (unpaired) electrons. The van der Waals surface area contributed by atoms with E-state index in [4.69, 9.17) is 32.4 Å². The molecule has 0 bridgehead atoms. The number of nitrogen functional groups attached to an aromatic ring is 2. The SMILES string of the molecule is COc1ccc(C(C)C(=O)C(C)c2ccc(OC)c(CN)c2N)c(N)c1CN. The Labute approximate surface area is 166 Å². The molecule has 0 fully saturated rings. The van der Waals surface area contributed by atoms with Crippen molar-refractivity contribution in [1.82, 2.24) is 0 Å². The Bertz CT molecular complexity index is 798. The number of carbonyl (C=O) groups excluding carboxylic acids is 1. The Hall–Kier alpha value is -2.77. The van der Waals surface area contributed by atoms with Crippen molar-refractivity contribution in [2.75, 3.05) is 25.7 Å². The lowest BCUT2D eigenvalue weighted by atomic mass is 9.83. The van der Waals surface area contributed by atoms with Crippen LogP contribution >= 0.6 is 0 Å². The van der Waals surface area contributed by atoms with Gasteiger partial charge in [-0.05, 0) is 23.3 Å². The van der Waals surface area contributed by atoms with Gasteiger partial charge in [-0.1, -0.05) is 26.0 Å². The molecule has 7 nitrogen and oxygen atoms in total. The van der Waals surface area contributed by atoms with Crippen LogP contribution in [0.15, 0.2) is 24.3 Å². The molecule has 8 N–H and O–H groups in total. The van der Waals surface area contributed by atoms with Crippen LogP contribution in [0.4, 0.5) is 11.4 Å². The minimum atomic E-state index is -0.436. The van der Waals surface area contributed by atoms with E-state index in [1.54, 1.807) is 26.4 Å². The van der Waals surface area contributed by atoms with Crippen molar-refractivity contribution in [3.8, 4) is 11.5 Å². The Morgan fingerprint density at radius 2 is 1.18 bits per heavy atom. The van der Waals surface area contributed by atoms with Crippen LogP contribution in [0.2, 0.25) is 0 Å². The van der Waals surface area contributed by atoms with Gasteiger partial charge < -0.3 is 32.4 Å². The van der Waals surface area contributed by atoms with E-state index in [0.717, 1.165) is 11.1 Å². The Morgan fingerprint density at radius 3 is 1.46 bits per heavy atom. The second-order valence-electron chi connectivity index (χ2n) is 6.75. The maximum Gasteiger partial charge on any atom is 0.147 e. The monoisotopic (exact) mass is 386 g/mol. The van der Waals surface area contributed by atoms with Gasteiger partial charge in [-0.25, -0.2) is 0 Å². The summed E-state index contributed by atoms with van der Waals surface area (Å²) in [4.78, 5) is 13.2. The zero-order valence-electron chi connectivity index (χ0n) is 16.9. The van der Waals surface area contributed by atoms with Crippen molar-refractivity contribution in [3.63, 3.8) is 0 Å². The van der Waals surface area contributed by atoms with E-state index >= 15 is 0 Å². The van der Waals surface area contributed by atoms with Gasteiger partial charge in [0, 0.05) is 47.4 Å². The first kappa shape index (κ1) is 21.5. The number of ketones is 1. The summed E-state index contributed by atoms with van der Waals surface area (Å²) in [6, 6.07) is 7.20. The largest absolute Gasteiger partial charge is 0.496 e. The highest BCUT2D eigenvalue weighted by atomic mass is 16.5. The summed E-state index contributed by atoms with van der Waals surface area (Å²) in [5, 5.41) is 0. The van der Waals surface area contributed by atoms with Crippen LogP contribution in [-0.4, -0.2) is 20.0 Å². The van der Waals surface area contributed by atoms with Gasteiger partial charge in [-0.3, -0.25) is 4.79 Å². The van der Waals surface area contributed by atoms with Crippen molar-refractivity contribution in [2.45, 2.75) is 38.8 Å². The molecular weight excluding hydrogens is 356 g/mol. The third-order valence-corrected chi connectivity index (χ3v) is 5.33. The number of Topliss-reactive ketones (excluding diaryl/α,β-unsaturated/α-hetero) is 1. The molecule has 7 heteroatoms. The first-order valence-corrected chi connectivity index (χ1v) is 9.16. The highest BCUT2D eigenvalue weighted by Gasteiger charge is 2.27. The van der Waals surface area contributed by atoms with Crippen LogP contribution in [0.25, 0.3) is 0 Å². The molecular formula is C21H30N4O3. The maximum absolute atomic E-state index is 13.2. The van der Waals surface area contributed by atoms with Crippen molar-refractivity contribution >= 4 is 17.2 Å². The fraction of sp³-hybridized carbons (Fsp3) is 0.381. The lowest BCUT2D eigenvalue weighted by molar-refractivity contribution is -0.121. The summed E-state index contributed by atoms with van der Waals surface area (Å²) < 4.78 is 10.6. The van der Waals surface area contributed by atoms with E-state index in [-0.39, 0.29) is 18.9 Å². The van der Waals surface area contributed by atoms with Crippen molar-refractivity contribution in [3.05, 3.63) is 46.5 Å². The van der Waals surface area contributed by atoms with E-state index < -0.39 is 11.8 Å². The van der Waals surface area contributed by atoms with E-state index in [2.05, 4.69) is 0 Å². The Morgan fingerprint density at radius 1 is 0.821 bits per heavy atom. The minimum absolute atomic E-state index is 0.000300.